The molecule has 0 amide bonds. The Morgan fingerprint density at radius 1 is 0.694 bits per heavy atom. The predicted molar refractivity (Wildman–Crippen MR) is 142 cm³/mol. The summed E-state index contributed by atoms with van der Waals surface area (Å²) >= 11 is 0. The molecule has 9 heteroatoms. The second-order valence-electron chi connectivity index (χ2n) is 9.08. The van der Waals surface area contributed by atoms with Crippen LogP contribution in [0, 0.1) is 13.8 Å². The van der Waals surface area contributed by atoms with Crippen molar-refractivity contribution in [1.29, 1.82) is 0 Å². The van der Waals surface area contributed by atoms with Crippen molar-refractivity contribution in [1.82, 2.24) is 0 Å². The van der Waals surface area contributed by atoms with Crippen LogP contribution in [-0.4, -0.2) is 41.0 Å². The molecule has 0 aliphatic rings. The van der Waals surface area contributed by atoms with Crippen LogP contribution in [0.5, 0.6) is 0 Å². The number of carbonyl (C=O) groups excluding carboxylic acids is 2. The van der Waals surface area contributed by atoms with Crippen LogP contribution < -0.4 is 0 Å². The summed E-state index contributed by atoms with van der Waals surface area (Å²) in [4.78, 5) is 42.0. The smallest absolute Gasteiger partial charge is 0.462 e. The SMILES string of the molecule is [CH2-]CCCC/C=C/CCCCCCCC(=O)O[C@H](COC(=O)CCCCCCC[CH2-])COP(=O)(O)O. The molecule has 0 aromatic rings. The number of ether oxygens (including phenoxy) is 2. The maximum Gasteiger partial charge on any atom is 0.469 e. The van der Waals surface area contributed by atoms with E-state index in [2.05, 4.69) is 30.5 Å². The molecule has 1 atom stereocenters. The highest BCUT2D eigenvalue weighted by molar-refractivity contribution is 7.46. The normalized spacial score (nSPS) is 12.7. The molecule has 0 spiro atoms. The van der Waals surface area contributed by atoms with Gasteiger partial charge >= 0.3 is 19.8 Å². The van der Waals surface area contributed by atoms with Crippen LogP contribution in [0.1, 0.15) is 116 Å². The fourth-order valence-corrected chi connectivity index (χ4v) is 3.87. The Labute approximate surface area is 218 Å². The van der Waals surface area contributed by atoms with Gasteiger partial charge in [0.15, 0.2) is 6.10 Å². The molecule has 0 radical (unpaired) electrons. The van der Waals surface area contributed by atoms with Gasteiger partial charge in [0.2, 0.25) is 0 Å². The molecule has 0 fully saturated rings. The van der Waals surface area contributed by atoms with Gasteiger partial charge in [0.25, 0.3) is 0 Å². The highest BCUT2D eigenvalue weighted by atomic mass is 31.2. The monoisotopic (exact) mass is 532 g/mol. The van der Waals surface area contributed by atoms with Crippen LogP contribution in [-0.2, 0) is 28.2 Å². The molecule has 0 saturated carbocycles. The maximum absolute atomic E-state index is 12.2. The van der Waals surface area contributed by atoms with E-state index in [1.807, 2.05) is 0 Å². The summed E-state index contributed by atoms with van der Waals surface area (Å²) in [5, 5.41) is 0. The number of carbonyl (C=O) groups is 2. The minimum Gasteiger partial charge on any atom is -0.462 e. The zero-order chi connectivity index (χ0) is 26.9. The molecule has 0 aliphatic carbocycles. The Kier molecular flexibility index (Phi) is 23.3. The Bertz CT molecular complexity index is 617. The Morgan fingerprint density at radius 2 is 1.17 bits per heavy atom. The lowest BCUT2D eigenvalue weighted by Gasteiger charge is -2.18. The summed E-state index contributed by atoms with van der Waals surface area (Å²) in [6.07, 6.45) is 20.0. The van der Waals surface area contributed by atoms with Crippen LogP contribution >= 0.6 is 7.82 Å². The highest BCUT2D eigenvalue weighted by Crippen LogP contribution is 2.35. The van der Waals surface area contributed by atoms with Gasteiger partial charge in [0, 0.05) is 12.8 Å². The first-order chi connectivity index (χ1) is 17.3. The third-order valence-electron chi connectivity index (χ3n) is 5.58. The second-order valence-corrected chi connectivity index (χ2v) is 10.3. The van der Waals surface area contributed by atoms with E-state index in [1.54, 1.807) is 0 Å². The summed E-state index contributed by atoms with van der Waals surface area (Å²) in [6, 6.07) is 0. The van der Waals surface area contributed by atoms with Crippen LogP contribution in [0.3, 0.4) is 0 Å². The first kappa shape index (κ1) is 34.8. The zero-order valence-electron chi connectivity index (χ0n) is 22.1. The van der Waals surface area contributed by atoms with Crippen LogP contribution in [0.15, 0.2) is 12.2 Å². The first-order valence-corrected chi connectivity index (χ1v) is 15.1. The van der Waals surface area contributed by atoms with Gasteiger partial charge in [-0.1, -0.05) is 69.9 Å². The highest BCUT2D eigenvalue weighted by Gasteiger charge is 2.22. The number of phosphoric ester groups is 1. The van der Waals surface area contributed by atoms with Crippen molar-refractivity contribution in [3.8, 4) is 0 Å². The molecule has 36 heavy (non-hydrogen) atoms. The lowest BCUT2D eigenvalue weighted by atomic mass is 10.1. The van der Waals surface area contributed by atoms with Gasteiger partial charge in [-0.25, -0.2) is 4.57 Å². The molecule has 0 bridgehead atoms. The number of hydrogen-bond acceptors (Lipinski definition) is 6. The van der Waals surface area contributed by atoms with E-state index in [4.69, 9.17) is 19.3 Å². The number of esters is 2. The lowest BCUT2D eigenvalue weighted by molar-refractivity contribution is -0.161. The Hall–Kier alpha value is -1.21. The van der Waals surface area contributed by atoms with E-state index < -0.39 is 32.5 Å². The quantitative estimate of drug-likeness (QED) is 0.0433. The number of allylic oxidation sites excluding steroid dienone is 2. The average molecular weight is 533 g/mol. The summed E-state index contributed by atoms with van der Waals surface area (Å²) in [5.74, 6) is -0.932. The van der Waals surface area contributed by atoms with Crippen molar-refractivity contribution < 1.29 is 37.9 Å². The summed E-state index contributed by atoms with van der Waals surface area (Å²) in [6.45, 7) is 6.79. The number of rotatable bonds is 25. The molecule has 0 unspecified atom stereocenters. The maximum atomic E-state index is 12.2. The van der Waals surface area contributed by atoms with E-state index in [0.717, 1.165) is 77.0 Å². The van der Waals surface area contributed by atoms with Crippen LogP contribution in [0.2, 0.25) is 0 Å². The van der Waals surface area contributed by atoms with Crippen molar-refractivity contribution in [2.75, 3.05) is 13.2 Å². The topological polar surface area (TPSA) is 119 Å². The standard InChI is InChI=1S/C27H49O8P/c1-3-5-7-9-11-12-13-14-15-16-18-20-22-27(29)35-25(24-34-36(30,31)32)23-33-26(28)21-19-17-10-8-6-4-2/h11-12,25H,1-10,13-24H2,(H2,30,31,32)/q-2/b12-11+/t25-/m1/s1. The average Bonchev–Trinajstić information content (AvgIpc) is 2.83. The van der Waals surface area contributed by atoms with Crippen molar-refractivity contribution >= 4 is 19.8 Å². The van der Waals surface area contributed by atoms with Crippen molar-refractivity contribution in [2.45, 2.75) is 122 Å². The third-order valence-corrected chi connectivity index (χ3v) is 6.06. The Morgan fingerprint density at radius 3 is 1.75 bits per heavy atom. The van der Waals surface area contributed by atoms with E-state index in [-0.39, 0.29) is 19.4 Å². The third kappa shape index (κ3) is 25.9. The van der Waals surface area contributed by atoms with Gasteiger partial charge < -0.3 is 33.1 Å². The number of unbranched alkanes of at least 4 members (excludes halogenated alkanes) is 13. The summed E-state index contributed by atoms with van der Waals surface area (Å²) in [7, 11) is -4.73. The summed E-state index contributed by atoms with van der Waals surface area (Å²) in [5.41, 5.74) is 0. The first-order valence-electron chi connectivity index (χ1n) is 13.6. The molecule has 0 heterocycles. The molecule has 0 aliphatic heterocycles. The van der Waals surface area contributed by atoms with Crippen LogP contribution in [0.4, 0.5) is 0 Å². The zero-order valence-corrected chi connectivity index (χ0v) is 23.0. The fourth-order valence-electron chi connectivity index (χ4n) is 3.51. The molecule has 2 N–H and O–H groups in total. The van der Waals surface area contributed by atoms with Gasteiger partial charge in [-0.2, -0.15) is 12.8 Å². The van der Waals surface area contributed by atoms with E-state index in [0.29, 0.717) is 12.8 Å². The molecule has 0 aromatic heterocycles. The molecular formula is C27H49O8P-2. The molecule has 8 nitrogen and oxygen atoms in total. The van der Waals surface area contributed by atoms with Crippen molar-refractivity contribution in [3.05, 3.63) is 26.0 Å². The predicted octanol–water partition coefficient (Wildman–Crippen LogP) is 6.80. The fraction of sp³-hybridized carbons (Fsp3) is 0.778. The molecule has 0 aromatic carbocycles. The van der Waals surface area contributed by atoms with E-state index >= 15 is 0 Å². The largest absolute Gasteiger partial charge is 0.469 e. The molecule has 0 rings (SSSR count). The van der Waals surface area contributed by atoms with Gasteiger partial charge in [-0.3, -0.25) is 14.1 Å². The van der Waals surface area contributed by atoms with Crippen molar-refractivity contribution in [3.63, 3.8) is 0 Å². The molecule has 212 valence electrons. The van der Waals surface area contributed by atoms with Crippen molar-refractivity contribution in [2.24, 2.45) is 0 Å². The van der Waals surface area contributed by atoms with E-state index in [9.17, 15) is 14.2 Å². The number of phosphoric acid groups is 1. The lowest BCUT2D eigenvalue weighted by Crippen LogP contribution is -2.29. The van der Waals surface area contributed by atoms with Gasteiger partial charge in [0.05, 0.1) is 6.61 Å². The molecular weight excluding hydrogens is 483 g/mol. The number of hydrogen-bond donors (Lipinski definition) is 2. The Balaban J connectivity index is 4.09. The van der Waals surface area contributed by atoms with Crippen LogP contribution in [0.25, 0.3) is 0 Å². The van der Waals surface area contributed by atoms with Gasteiger partial charge in [-0.05, 0) is 32.1 Å². The van der Waals surface area contributed by atoms with Gasteiger partial charge in [0.1, 0.15) is 6.61 Å². The summed E-state index contributed by atoms with van der Waals surface area (Å²) < 4.78 is 25.9. The van der Waals surface area contributed by atoms with E-state index in [1.165, 1.54) is 12.8 Å². The molecule has 0 saturated heterocycles. The van der Waals surface area contributed by atoms with Gasteiger partial charge in [-0.15, -0.1) is 0 Å². The second kappa shape index (κ2) is 24.1. The minimum absolute atomic E-state index is 0.194. The minimum atomic E-state index is -4.73.